The average Bonchev–Trinajstić information content (AvgIpc) is 3.28. The number of imidazole rings is 1. The highest BCUT2D eigenvalue weighted by atomic mass is 32.2. The molecule has 4 rings (SSSR count). The highest BCUT2D eigenvalue weighted by molar-refractivity contribution is 7.99. The van der Waals surface area contributed by atoms with Crippen molar-refractivity contribution in [2.24, 2.45) is 7.05 Å². The van der Waals surface area contributed by atoms with Crippen molar-refractivity contribution in [2.75, 3.05) is 5.75 Å². The number of aliphatic carboxylic acids is 1. The van der Waals surface area contributed by atoms with Crippen LogP contribution in [0.3, 0.4) is 0 Å². The van der Waals surface area contributed by atoms with E-state index >= 15 is 0 Å². The van der Waals surface area contributed by atoms with Crippen LogP contribution in [0.5, 0.6) is 0 Å². The molecule has 11 heteroatoms. The molecule has 3 N–H and O–H groups in total. The first-order chi connectivity index (χ1) is 22.1. The zero-order chi connectivity index (χ0) is 33.1. The number of thioether (sulfide) groups is 1. The first-order valence-corrected chi connectivity index (χ1v) is 15.9. The van der Waals surface area contributed by atoms with Gasteiger partial charge >= 0.3 is 17.2 Å². The summed E-state index contributed by atoms with van der Waals surface area (Å²) in [5.41, 5.74) is 4.65. The van der Waals surface area contributed by atoms with E-state index in [0.29, 0.717) is 0 Å². The van der Waals surface area contributed by atoms with Crippen LogP contribution in [-0.4, -0.2) is 51.3 Å². The molecule has 3 aromatic carbocycles. The van der Waals surface area contributed by atoms with E-state index < -0.39 is 30.1 Å². The minimum absolute atomic E-state index is 0.0114. The summed E-state index contributed by atoms with van der Waals surface area (Å²) in [5, 5.41) is 15.9. The number of nitrogens with zero attached hydrogens (tertiary/aromatic N) is 2. The van der Waals surface area contributed by atoms with Gasteiger partial charge in [0.25, 0.3) is 0 Å². The number of para-hydroxylation sites is 1. The predicted octanol–water partition coefficient (Wildman–Crippen LogP) is 4.47. The monoisotopic (exact) mass is 643 g/mol. The summed E-state index contributed by atoms with van der Waals surface area (Å²) in [6.07, 6.45) is -0.835. The number of benzene rings is 3. The second-order valence-electron chi connectivity index (χ2n) is 10.9. The van der Waals surface area contributed by atoms with Gasteiger partial charge in [-0.1, -0.05) is 78.9 Å². The second-order valence-corrected chi connectivity index (χ2v) is 11.8. The molecule has 0 unspecified atom stereocenters. The Hall–Kier alpha value is -4.90. The van der Waals surface area contributed by atoms with Crippen LogP contribution in [0.1, 0.15) is 35.4 Å². The SMILES string of the molecule is Cc1c(C)[n+](C)c(SCC(=O)CC[C@H](NC(=O)[C@H](Cc2ccccc2)NC(=O)OCc2ccccc2)C(=O)O)n1-c1ccccc1. The van der Waals surface area contributed by atoms with E-state index in [4.69, 9.17) is 4.74 Å². The Kier molecular flexibility index (Phi) is 12.1. The summed E-state index contributed by atoms with van der Waals surface area (Å²) < 4.78 is 9.43. The van der Waals surface area contributed by atoms with Crippen LogP contribution in [0.25, 0.3) is 5.69 Å². The fourth-order valence-corrected chi connectivity index (χ4v) is 6.04. The molecule has 0 aliphatic heterocycles. The van der Waals surface area contributed by atoms with Crippen molar-refractivity contribution in [1.82, 2.24) is 15.2 Å². The number of ketones is 1. The standard InChI is InChI=1S/C35H38N4O6S/c1-24-25(2)39(28-17-11-6-12-18-28)35(38(24)3)46-23-29(40)19-20-30(33(42)43)36-32(41)31(21-26-13-7-4-8-14-26)37-34(44)45-22-27-15-9-5-10-16-27/h4-18,30-31H,19-23H2,1-3H3,(H2-,36,37,41,42,43,44)/p+1/t30-,31-/m0/s1. The van der Waals surface area contributed by atoms with E-state index in [1.165, 1.54) is 11.8 Å². The number of hydrogen-bond donors (Lipinski definition) is 3. The van der Waals surface area contributed by atoms with Crippen molar-refractivity contribution in [2.45, 2.75) is 57.0 Å². The van der Waals surface area contributed by atoms with Gasteiger partial charge in [0.15, 0.2) is 0 Å². The molecule has 46 heavy (non-hydrogen) atoms. The van der Waals surface area contributed by atoms with Crippen LogP contribution in [0.2, 0.25) is 0 Å². The maximum absolute atomic E-state index is 13.3. The molecule has 240 valence electrons. The highest BCUT2D eigenvalue weighted by Crippen LogP contribution is 2.24. The van der Waals surface area contributed by atoms with Gasteiger partial charge < -0.3 is 20.5 Å². The molecule has 0 radical (unpaired) electrons. The molecule has 2 atom stereocenters. The van der Waals surface area contributed by atoms with E-state index in [-0.39, 0.29) is 37.4 Å². The molecule has 0 bridgehead atoms. The molecular formula is C35H39N4O6S+. The molecule has 4 aromatic rings. The summed E-state index contributed by atoms with van der Waals surface area (Å²) in [6.45, 7) is 4.05. The van der Waals surface area contributed by atoms with Crippen molar-refractivity contribution < 1.29 is 33.6 Å². The number of hydrogen-bond acceptors (Lipinski definition) is 6. The Morgan fingerprint density at radius 2 is 1.43 bits per heavy atom. The largest absolute Gasteiger partial charge is 0.480 e. The number of aromatic nitrogens is 2. The molecule has 0 spiro atoms. The second kappa shape index (κ2) is 16.4. The normalized spacial score (nSPS) is 12.2. The molecule has 2 amide bonds. The molecule has 0 aliphatic rings. The smallest absolute Gasteiger partial charge is 0.408 e. The van der Waals surface area contributed by atoms with Crippen molar-refractivity contribution in [1.29, 1.82) is 0 Å². The Bertz CT molecular complexity index is 1640. The topological polar surface area (TPSA) is 131 Å². The van der Waals surface area contributed by atoms with Gasteiger partial charge in [0.05, 0.1) is 12.8 Å². The molecule has 0 saturated carbocycles. The minimum Gasteiger partial charge on any atom is -0.480 e. The van der Waals surface area contributed by atoms with Gasteiger partial charge in [-0.25, -0.2) is 14.2 Å². The van der Waals surface area contributed by atoms with Crippen molar-refractivity contribution in [3.63, 3.8) is 0 Å². The van der Waals surface area contributed by atoms with Crippen LogP contribution in [0, 0.1) is 13.8 Å². The third kappa shape index (κ3) is 9.31. The Labute approximate surface area is 272 Å². The molecular weight excluding hydrogens is 604 g/mol. The lowest BCUT2D eigenvalue weighted by atomic mass is 10.0. The lowest BCUT2D eigenvalue weighted by Gasteiger charge is -2.21. The summed E-state index contributed by atoms with van der Waals surface area (Å²) in [7, 11) is 1.95. The fraction of sp³-hybridized carbons (Fsp3) is 0.286. The summed E-state index contributed by atoms with van der Waals surface area (Å²) in [5.74, 6) is -1.97. The van der Waals surface area contributed by atoms with Crippen molar-refractivity contribution >= 4 is 35.5 Å². The van der Waals surface area contributed by atoms with E-state index in [1.807, 2.05) is 92.2 Å². The third-order valence-electron chi connectivity index (χ3n) is 7.65. The number of Topliss-reactive ketones (excluding diaryl/α,β-unsaturated/α-hetero) is 1. The molecule has 0 saturated heterocycles. The number of carbonyl (C=O) groups excluding carboxylic acids is 3. The van der Waals surface area contributed by atoms with Gasteiger partial charge in [0.2, 0.25) is 5.91 Å². The van der Waals surface area contributed by atoms with E-state index in [0.717, 1.165) is 33.4 Å². The number of rotatable bonds is 15. The molecule has 1 heterocycles. The summed E-state index contributed by atoms with van der Waals surface area (Å²) >= 11 is 1.38. The minimum atomic E-state index is -1.32. The van der Waals surface area contributed by atoms with Crippen LogP contribution in [0.15, 0.2) is 96.2 Å². The molecule has 1 aromatic heterocycles. The van der Waals surface area contributed by atoms with Crippen LogP contribution in [0.4, 0.5) is 4.79 Å². The maximum atomic E-state index is 13.3. The quantitative estimate of drug-likeness (QED) is 0.129. The average molecular weight is 644 g/mol. The number of carboxylic acids is 1. The highest BCUT2D eigenvalue weighted by Gasteiger charge is 2.29. The Morgan fingerprint density at radius 3 is 2.04 bits per heavy atom. The van der Waals surface area contributed by atoms with E-state index in [1.54, 1.807) is 24.3 Å². The first-order valence-electron chi connectivity index (χ1n) is 15.0. The number of carboxylic acid groups (broad SMARTS) is 1. The summed E-state index contributed by atoms with van der Waals surface area (Å²) in [4.78, 5) is 51.1. The van der Waals surface area contributed by atoms with Crippen LogP contribution < -0.4 is 15.2 Å². The molecule has 0 aliphatic carbocycles. The van der Waals surface area contributed by atoms with Gasteiger partial charge in [-0.05, 0) is 41.4 Å². The number of amides is 2. The zero-order valence-electron chi connectivity index (χ0n) is 26.1. The van der Waals surface area contributed by atoms with Gasteiger partial charge in [0.1, 0.15) is 41.5 Å². The van der Waals surface area contributed by atoms with Crippen molar-refractivity contribution in [3.05, 3.63) is 114 Å². The van der Waals surface area contributed by atoms with E-state index in [2.05, 4.69) is 15.2 Å². The third-order valence-corrected chi connectivity index (χ3v) is 8.83. The fourth-order valence-electron chi connectivity index (χ4n) is 4.90. The zero-order valence-corrected chi connectivity index (χ0v) is 27.0. The first kappa shape index (κ1) is 34.0. The van der Waals surface area contributed by atoms with Gasteiger partial charge in [-0.2, -0.15) is 4.57 Å². The molecule has 0 fully saturated rings. The molecule has 10 nitrogen and oxygen atoms in total. The van der Waals surface area contributed by atoms with Crippen LogP contribution in [-0.2, 0) is 39.2 Å². The summed E-state index contributed by atoms with van der Waals surface area (Å²) in [6, 6.07) is 25.6. The Morgan fingerprint density at radius 1 is 0.848 bits per heavy atom. The number of nitrogens with one attached hydrogen (secondary N) is 2. The van der Waals surface area contributed by atoms with Crippen molar-refractivity contribution in [3.8, 4) is 5.69 Å². The van der Waals surface area contributed by atoms with E-state index in [9.17, 15) is 24.3 Å². The van der Waals surface area contributed by atoms with Crippen LogP contribution >= 0.6 is 11.8 Å². The number of alkyl carbamates (subject to hydrolysis) is 1. The van der Waals surface area contributed by atoms with Gasteiger partial charge in [0, 0.05) is 26.7 Å². The lowest BCUT2D eigenvalue weighted by molar-refractivity contribution is -0.714. The Balaban J connectivity index is 1.37. The van der Waals surface area contributed by atoms with Gasteiger partial charge in [-0.15, -0.1) is 0 Å². The lowest BCUT2D eigenvalue weighted by Crippen LogP contribution is -2.52. The number of carbonyl (C=O) groups is 4. The predicted molar refractivity (Wildman–Crippen MR) is 175 cm³/mol. The maximum Gasteiger partial charge on any atom is 0.408 e. The number of ether oxygens (including phenoxy) is 1. The van der Waals surface area contributed by atoms with Gasteiger partial charge in [-0.3, -0.25) is 9.59 Å².